The summed E-state index contributed by atoms with van der Waals surface area (Å²) in [5.41, 5.74) is 10.9. The lowest BCUT2D eigenvalue weighted by molar-refractivity contribution is -0.140. The molecule has 0 amide bonds. The Bertz CT molecular complexity index is 353. The topological polar surface area (TPSA) is 127 Å². The zero-order chi connectivity index (χ0) is 17.9. The van der Waals surface area contributed by atoms with Gasteiger partial charge in [-0.1, -0.05) is 33.1 Å². The minimum Gasteiger partial charge on any atom is -0.481 e. The Kier molecular flexibility index (Phi) is 10.8. The molecule has 0 aromatic rings. The fourth-order valence-electron chi connectivity index (χ4n) is 3.25. The number of carboxylic acid groups (broad SMARTS) is 2. The van der Waals surface area contributed by atoms with Crippen LogP contribution in [0.25, 0.3) is 0 Å². The predicted octanol–water partition coefficient (Wildman–Crippen LogP) is 2.45. The first-order valence-electron chi connectivity index (χ1n) is 8.58. The summed E-state index contributed by atoms with van der Waals surface area (Å²) in [5, 5.41) is 17.2. The van der Waals surface area contributed by atoms with Gasteiger partial charge in [-0.05, 0) is 49.6 Å². The first-order valence-corrected chi connectivity index (χ1v) is 8.58. The van der Waals surface area contributed by atoms with Crippen molar-refractivity contribution in [1.82, 2.24) is 0 Å². The molecule has 136 valence electrons. The van der Waals surface area contributed by atoms with Crippen molar-refractivity contribution in [3.63, 3.8) is 0 Å². The molecule has 0 saturated heterocycles. The summed E-state index contributed by atoms with van der Waals surface area (Å²) in [7, 11) is 0. The van der Waals surface area contributed by atoms with E-state index in [1.165, 1.54) is 6.42 Å². The van der Waals surface area contributed by atoms with Crippen LogP contribution < -0.4 is 11.5 Å². The van der Waals surface area contributed by atoms with E-state index in [0.717, 1.165) is 32.1 Å². The van der Waals surface area contributed by atoms with Crippen LogP contribution in [0.1, 0.15) is 65.2 Å². The van der Waals surface area contributed by atoms with Crippen molar-refractivity contribution >= 4 is 11.9 Å². The fraction of sp³-hybridized carbons (Fsp3) is 0.882. The van der Waals surface area contributed by atoms with Crippen LogP contribution in [-0.2, 0) is 9.59 Å². The van der Waals surface area contributed by atoms with Crippen molar-refractivity contribution < 1.29 is 19.8 Å². The average Bonchev–Trinajstić information content (AvgIpc) is 2.46. The normalized spacial score (nSPS) is 18.0. The molecule has 1 rings (SSSR count). The van der Waals surface area contributed by atoms with Crippen molar-refractivity contribution in [2.45, 2.75) is 65.2 Å². The molecule has 0 aromatic carbocycles. The number of rotatable bonds is 8. The maximum Gasteiger partial charge on any atom is 0.303 e. The van der Waals surface area contributed by atoms with Crippen LogP contribution in [-0.4, -0.2) is 35.2 Å². The summed E-state index contributed by atoms with van der Waals surface area (Å²) in [6.07, 6.45) is 6.88. The van der Waals surface area contributed by atoms with Gasteiger partial charge in [0.2, 0.25) is 0 Å². The minimum absolute atomic E-state index is 0.0793. The molecule has 1 aliphatic carbocycles. The predicted molar refractivity (Wildman–Crippen MR) is 91.1 cm³/mol. The number of hydrogen-bond acceptors (Lipinski definition) is 4. The number of hydrogen-bond donors (Lipinski definition) is 4. The van der Waals surface area contributed by atoms with E-state index in [-0.39, 0.29) is 24.2 Å². The SMILES string of the molecule is CC(C)CC(CN)CC(=O)O.NCC1(CC(=O)O)CCCCC1. The Balaban J connectivity index is 0.000000423. The molecular weight excluding hydrogens is 296 g/mol. The lowest BCUT2D eigenvalue weighted by Gasteiger charge is -2.34. The highest BCUT2D eigenvalue weighted by molar-refractivity contribution is 5.67. The highest BCUT2D eigenvalue weighted by atomic mass is 16.4. The van der Waals surface area contributed by atoms with Crippen molar-refractivity contribution in [2.75, 3.05) is 13.1 Å². The van der Waals surface area contributed by atoms with Gasteiger partial charge in [-0.15, -0.1) is 0 Å². The number of carboxylic acids is 2. The van der Waals surface area contributed by atoms with E-state index in [9.17, 15) is 9.59 Å². The standard InChI is InChI=1S/C9H17NO2.C8H17NO2/c10-7-9(6-8(11)12)4-2-1-3-5-9;1-6(2)3-7(5-9)4-8(10)11/h1-7,10H2,(H,11,12);6-7H,3-5,9H2,1-2H3,(H,10,11). The second kappa shape index (κ2) is 11.4. The van der Waals surface area contributed by atoms with Gasteiger partial charge in [0.1, 0.15) is 0 Å². The van der Waals surface area contributed by atoms with Crippen LogP contribution in [0.2, 0.25) is 0 Å². The summed E-state index contributed by atoms with van der Waals surface area (Å²) < 4.78 is 0. The molecule has 0 radical (unpaired) electrons. The van der Waals surface area contributed by atoms with Gasteiger partial charge in [-0.2, -0.15) is 0 Å². The summed E-state index contributed by atoms with van der Waals surface area (Å²) >= 11 is 0. The summed E-state index contributed by atoms with van der Waals surface area (Å²) in [5.74, 6) is -0.779. The Morgan fingerprint density at radius 3 is 1.96 bits per heavy atom. The molecule has 6 N–H and O–H groups in total. The Morgan fingerprint density at radius 2 is 1.61 bits per heavy atom. The Morgan fingerprint density at radius 1 is 1.04 bits per heavy atom. The van der Waals surface area contributed by atoms with E-state index < -0.39 is 11.9 Å². The molecular formula is C17H34N2O4. The molecule has 1 fully saturated rings. The van der Waals surface area contributed by atoms with Gasteiger partial charge in [0.15, 0.2) is 0 Å². The third-order valence-corrected chi connectivity index (χ3v) is 4.47. The van der Waals surface area contributed by atoms with Crippen molar-refractivity contribution in [1.29, 1.82) is 0 Å². The van der Waals surface area contributed by atoms with Gasteiger partial charge in [0, 0.05) is 6.42 Å². The second-order valence-electron chi connectivity index (χ2n) is 7.16. The lowest BCUT2D eigenvalue weighted by Crippen LogP contribution is -2.34. The van der Waals surface area contributed by atoms with E-state index in [2.05, 4.69) is 13.8 Å². The zero-order valence-electron chi connectivity index (χ0n) is 14.6. The molecule has 23 heavy (non-hydrogen) atoms. The van der Waals surface area contributed by atoms with E-state index in [1.54, 1.807) is 0 Å². The maximum absolute atomic E-state index is 10.6. The van der Waals surface area contributed by atoms with E-state index in [0.29, 0.717) is 19.0 Å². The minimum atomic E-state index is -0.749. The first kappa shape index (κ1) is 21.9. The molecule has 1 aliphatic rings. The largest absolute Gasteiger partial charge is 0.481 e. The van der Waals surface area contributed by atoms with Gasteiger partial charge in [0.25, 0.3) is 0 Å². The van der Waals surface area contributed by atoms with Crippen LogP contribution in [0, 0.1) is 17.3 Å². The first-order chi connectivity index (χ1) is 10.7. The highest BCUT2D eigenvalue weighted by Crippen LogP contribution is 2.38. The molecule has 1 saturated carbocycles. The highest BCUT2D eigenvalue weighted by Gasteiger charge is 2.32. The second-order valence-corrected chi connectivity index (χ2v) is 7.16. The molecule has 0 aliphatic heterocycles. The van der Waals surface area contributed by atoms with Crippen molar-refractivity contribution in [3.8, 4) is 0 Å². The van der Waals surface area contributed by atoms with E-state index >= 15 is 0 Å². The third kappa shape index (κ3) is 10.3. The van der Waals surface area contributed by atoms with Crippen LogP contribution in [0.5, 0.6) is 0 Å². The molecule has 0 spiro atoms. The quantitative estimate of drug-likeness (QED) is 0.541. The monoisotopic (exact) mass is 330 g/mol. The van der Waals surface area contributed by atoms with Gasteiger partial charge >= 0.3 is 11.9 Å². The van der Waals surface area contributed by atoms with Crippen molar-refractivity contribution in [2.24, 2.45) is 28.7 Å². The summed E-state index contributed by atoms with van der Waals surface area (Å²) in [6.45, 7) is 5.15. The number of carbonyl (C=O) groups is 2. The summed E-state index contributed by atoms with van der Waals surface area (Å²) in [4.78, 5) is 20.9. The summed E-state index contributed by atoms with van der Waals surface area (Å²) in [6, 6.07) is 0. The fourth-order valence-corrected chi connectivity index (χ4v) is 3.25. The molecule has 0 bridgehead atoms. The molecule has 0 aromatic heterocycles. The lowest BCUT2D eigenvalue weighted by atomic mass is 9.72. The molecule has 1 atom stereocenters. The maximum atomic E-state index is 10.6. The molecule has 1 unspecified atom stereocenters. The third-order valence-electron chi connectivity index (χ3n) is 4.47. The van der Waals surface area contributed by atoms with Crippen LogP contribution in [0.4, 0.5) is 0 Å². The van der Waals surface area contributed by atoms with Gasteiger partial charge in [-0.25, -0.2) is 0 Å². The molecule has 6 heteroatoms. The number of nitrogens with two attached hydrogens (primary N) is 2. The zero-order valence-corrected chi connectivity index (χ0v) is 14.6. The van der Waals surface area contributed by atoms with Crippen LogP contribution in [0.3, 0.4) is 0 Å². The van der Waals surface area contributed by atoms with Crippen LogP contribution in [0.15, 0.2) is 0 Å². The van der Waals surface area contributed by atoms with Crippen LogP contribution >= 0.6 is 0 Å². The van der Waals surface area contributed by atoms with Gasteiger partial charge in [0.05, 0.1) is 6.42 Å². The van der Waals surface area contributed by atoms with E-state index in [4.69, 9.17) is 21.7 Å². The Labute approximate surface area is 139 Å². The number of aliphatic carboxylic acids is 2. The molecule has 0 heterocycles. The Hall–Kier alpha value is -1.14. The average molecular weight is 330 g/mol. The van der Waals surface area contributed by atoms with E-state index in [1.807, 2.05) is 0 Å². The molecule has 6 nitrogen and oxygen atoms in total. The van der Waals surface area contributed by atoms with Crippen molar-refractivity contribution in [3.05, 3.63) is 0 Å². The van der Waals surface area contributed by atoms with Gasteiger partial charge in [-0.3, -0.25) is 9.59 Å². The van der Waals surface area contributed by atoms with Gasteiger partial charge < -0.3 is 21.7 Å². The smallest absolute Gasteiger partial charge is 0.303 e.